The van der Waals surface area contributed by atoms with E-state index in [1.807, 2.05) is 24.3 Å². The first-order valence-electron chi connectivity index (χ1n) is 13.7. The minimum atomic E-state index is -0.509. The zero-order chi connectivity index (χ0) is 25.7. The van der Waals surface area contributed by atoms with E-state index in [1.54, 1.807) is 0 Å². The van der Waals surface area contributed by atoms with E-state index in [0.29, 0.717) is 17.9 Å². The molecular formula is C36H22O3. The fourth-order valence-electron chi connectivity index (χ4n) is 8.31. The number of aryl methyl sites for hydroxylation is 1. The summed E-state index contributed by atoms with van der Waals surface area (Å²) in [7, 11) is 0. The molecule has 1 unspecified atom stereocenters. The quantitative estimate of drug-likeness (QED) is 0.209. The van der Waals surface area contributed by atoms with Crippen molar-refractivity contribution in [1.82, 2.24) is 0 Å². The Labute approximate surface area is 221 Å². The fourth-order valence-corrected chi connectivity index (χ4v) is 8.31. The highest BCUT2D eigenvalue weighted by Gasteiger charge is 2.29. The van der Waals surface area contributed by atoms with Gasteiger partial charge in [-0.25, -0.2) is 0 Å². The maximum absolute atomic E-state index is 11.0. The van der Waals surface area contributed by atoms with Crippen LogP contribution in [-0.2, 0) is 6.42 Å². The second-order valence-electron chi connectivity index (χ2n) is 11.4. The maximum atomic E-state index is 11.0. The van der Waals surface area contributed by atoms with Crippen LogP contribution >= 0.6 is 0 Å². The summed E-state index contributed by atoms with van der Waals surface area (Å²) < 4.78 is 0. The largest absolute Gasteiger partial charge is 0.508 e. The number of benzene rings is 5. The molecule has 8 aromatic carbocycles. The van der Waals surface area contributed by atoms with Crippen molar-refractivity contribution in [2.75, 3.05) is 0 Å². The molecule has 10 rings (SSSR count). The predicted molar refractivity (Wildman–Crippen MR) is 161 cm³/mol. The molecule has 0 amide bonds. The van der Waals surface area contributed by atoms with Gasteiger partial charge in [-0.05, 0) is 118 Å². The van der Waals surface area contributed by atoms with Crippen molar-refractivity contribution in [2.45, 2.75) is 25.4 Å². The van der Waals surface area contributed by atoms with Crippen LogP contribution in [0.5, 0.6) is 11.5 Å². The SMILES string of the molecule is Oc1ccc2c3c1CCC=c3c1c2c2c3cccc4c3c(c2c2c3cccc5c(O)ccc(c53)c12)=CCC4O. The molecule has 0 saturated heterocycles. The Morgan fingerprint density at radius 1 is 0.513 bits per heavy atom. The number of rotatable bonds is 0. The second-order valence-corrected chi connectivity index (χ2v) is 11.4. The lowest BCUT2D eigenvalue weighted by Crippen LogP contribution is -2.11. The Bertz CT molecular complexity index is 2560. The van der Waals surface area contributed by atoms with Gasteiger partial charge in [0.15, 0.2) is 0 Å². The van der Waals surface area contributed by atoms with Gasteiger partial charge in [-0.15, -0.1) is 0 Å². The normalized spacial score (nSPS) is 16.9. The van der Waals surface area contributed by atoms with Crippen molar-refractivity contribution in [1.29, 1.82) is 0 Å². The first kappa shape index (κ1) is 20.4. The highest BCUT2D eigenvalue weighted by molar-refractivity contribution is 6.48. The number of phenolic OH excluding ortho intramolecular Hbond substituents is 2. The van der Waals surface area contributed by atoms with Gasteiger partial charge in [0.1, 0.15) is 11.5 Å². The Hall–Kier alpha value is -4.60. The minimum absolute atomic E-state index is 0.301. The third kappa shape index (κ3) is 2.13. The van der Waals surface area contributed by atoms with E-state index < -0.39 is 6.10 Å². The molecule has 0 saturated carbocycles. The number of aliphatic hydroxyl groups excluding tert-OH is 1. The fraction of sp³-hybridized carbons (Fsp3) is 0.111. The summed E-state index contributed by atoms with van der Waals surface area (Å²) >= 11 is 0. The molecule has 0 bridgehead atoms. The van der Waals surface area contributed by atoms with Crippen molar-refractivity contribution >= 4 is 87.6 Å². The van der Waals surface area contributed by atoms with Crippen molar-refractivity contribution in [3.63, 3.8) is 0 Å². The van der Waals surface area contributed by atoms with E-state index in [0.717, 1.165) is 50.9 Å². The number of phenols is 2. The molecule has 184 valence electrons. The van der Waals surface area contributed by atoms with E-state index in [-0.39, 0.29) is 0 Å². The van der Waals surface area contributed by atoms with Gasteiger partial charge in [-0.2, -0.15) is 0 Å². The Morgan fingerprint density at radius 3 is 1.87 bits per heavy atom. The lowest BCUT2D eigenvalue weighted by molar-refractivity contribution is 0.186. The van der Waals surface area contributed by atoms with Crippen LogP contribution < -0.4 is 10.4 Å². The summed E-state index contributed by atoms with van der Waals surface area (Å²) in [5, 5.41) is 51.6. The molecule has 1 atom stereocenters. The van der Waals surface area contributed by atoms with E-state index in [9.17, 15) is 15.3 Å². The van der Waals surface area contributed by atoms with Crippen molar-refractivity contribution in [3.8, 4) is 11.5 Å². The van der Waals surface area contributed by atoms with Crippen LogP contribution in [0.2, 0.25) is 0 Å². The highest BCUT2D eigenvalue weighted by atomic mass is 16.3. The van der Waals surface area contributed by atoms with E-state index in [2.05, 4.69) is 48.6 Å². The van der Waals surface area contributed by atoms with Crippen LogP contribution in [0.15, 0.2) is 60.7 Å². The second kappa shape index (κ2) is 6.51. The van der Waals surface area contributed by atoms with E-state index >= 15 is 0 Å². The summed E-state index contributed by atoms with van der Waals surface area (Å²) in [4.78, 5) is 0. The molecule has 3 N–H and O–H groups in total. The number of fused-ring (bicyclic) bond motifs is 12. The van der Waals surface area contributed by atoms with Crippen LogP contribution in [0, 0.1) is 0 Å². The van der Waals surface area contributed by atoms with Crippen molar-refractivity contribution < 1.29 is 15.3 Å². The molecule has 2 aliphatic rings. The van der Waals surface area contributed by atoms with Gasteiger partial charge in [0.05, 0.1) is 6.10 Å². The summed E-state index contributed by atoms with van der Waals surface area (Å²) in [5.74, 6) is 0.676. The third-order valence-corrected chi connectivity index (χ3v) is 9.70. The van der Waals surface area contributed by atoms with Gasteiger partial charge < -0.3 is 15.3 Å². The van der Waals surface area contributed by atoms with Gasteiger partial charge in [0.25, 0.3) is 0 Å². The molecule has 0 radical (unpaired) electrons. The standard InChI is InChI=1S/C36H22O3/c37-25-13-10-22-28-16(25)4-1-7-19(28)31-34(22)32-21-9-3-6-18-27(39)15-12-24(30(18)21)36(32)33-20-8-2-5-17-26(38)14-11-23(29(17)20)35(31)33/h1-2,4-5,7-13,15,26,37-39H,3,6,14H2. The van der Waals surface area contributed by atoms with Gasteiger partial charge in [-0.1, -0.05) is 54.6 Å². The molecule has 8 aromatic rings. The van der Waals surface area contributed by atoms with Gasteiger partial charge in [-0.3, -0.25) is 0 Å². The minimum Gasteiger partial charge on any atom is -0.508 e. The molecule has 0 aliphatic heterocycles. The summed E-state index contributed by atoms with van der Waals surface area (Å²) in [6.45, 7) is 0. The molecule has 0 spiro atoms. The lowest BCUT2D eigenvalue weighted by atomic mass is 9.95. The highest BCUT2D eigenvalue weighted by Crippen LogP contribution is 2.51. The third-order valence-electron chi connectivity index (χ3n) is 9.70. The topological polar surface area (TPSA) is 60.7 Å². The number of aromatic hydroxyl groups is 2. The summed E-state index contributed by atoms with van der Waals surface area (Å²) in [6, 6.07) is 20.5. The summed E-state index contributed by atoms with van der Waals surface area (Å²) in [5.41, 5.74) is 2.04. The molecular weight excluding hydrogens is 480 g/mol. The number of hydrogen-bond acceptors (Lipinski definition) is 3. The molecule has 3 heteroatoms. The van der Waals surface area contributed by atoms with E-state index in [1.165, 1.54) is 58.9 Å². The Morgan fingerprint density at radius 2 is 1.10 bits per heavy atom. The monoisotopic (exact) mass is 502 g/mol. The Balaban J connectivity index is 1.70. The van der Waals surface area contributed by atoms with Crippen LogP contribution in [-0.4, -0.2) is 15.3 Å². The lowest BCUT2D eigenvalue weighted by Gasteiger charge is -2.14. The molecule has 39 heavy (non-hydrogen) atoms. The molecule has 3 nitrogen and oxygen atoms in total. The zero-order valence-electron chi connectivity index (χ0n) is 21.0. The average molecular weight is 503 g/mol. The predicted octanol–water partition coefficient (Wildman–Crippen LogP) is 6.99. The van der Waals surface area contributed by atoms with Crippen LogP contribution in [0.1, 0.15) is 30.1 Å². The number of hydrogen-bond donors (Lipinski definition) is 3. The van der Waals surface area contributed by atoms with Crippen molar-refractivity contribution in [3.05, 3.63) is 82.2 Å². The summed E-state index contributed by atoms with van der Waals surface area (Å²) in [6.07, 6.45) is 6.39. The van der Waals surface area contributed by atoms with Gasteiger partial charge >= 0.3 is 0 Å². The van der Waals surface area contributed by atoms with Crippen LogP contribution in [0.25, 0.3) is 87.6 Å². The van der Waals surface area contributed by atoms with Gasteiger partial charge in [0, 0.05) is 16.3 Å². The van der Waals surface area contributed by atoms with E-state index in [4.69, 9.17) is 0 Å². The smallest absolute Gasteiger partial charge is 0.123 e. The first-order chi connectivity index (χ1) is 19.1. The number of aliphatic hydroxyl groups is 1. The maximum Gasteiger partial charge on any atom is 0.123 e. The molecule has 2 aliphatic carbocycles. The van der Waals surface area contributed by atoms with Crippen LogP contribution in [0.3, 0.4) is 0 Å². The zero-order valence-corrected chi connectivity index (χ0v) is 21.0. The Kier molecular flexibility index (Phi) is 3.40. The molecule has 0 fully saturated rings. The van der Waals surface area contributed by atoms with Gasteiger partial charge in [0.2, 0.25) is 0 Å². The van der Waals surface area contributed by atoms with Crippen molar-refractivity contribution in [2.24, 2.45) is 0 Å². The molecule has 0 heterocycles. The first-order valence-corrected chi connectivity index (χ1v) is 13.7. The van der Waals surface area contributed by atoms with Crippen LogP contribution in [0.4, 0.5) is 0 Å². The molecule has 0 aromatic heterocycles. The average Bonchev–Trinajstić information content (AvgIpc) is 3.58.